The Kier molecular flexibility index (Phi) is 10.2. The summed E-state index contributed by atoms with van der Waals surface area (Å²) < 4.78 is 0. The first kappa shape index (κ1) is 20.9. The number of rotatable bonds is 7. The molecule has 25 heavy (non-hydrogen) atoms. The van der Waals surface area contributed by atoms with Crippen LogP contribution in [0.5, 0.6) is 0 Å². The van der Waals surface area contributed by atoms with E-state index in [9.17, 15) is 4.79 Å². The summed E-state index contributed by atoms with van der Waals surface area (Å²) in [6, 6.07) is 6.02. The summed E-state index contributed by atoms with van der Waals surface area (Å²) in [5.41, 5.74) is 1.02. The number of likely N-dealkylation sites (N-methyl/N-ethyl adjacent to an activating group) is 1. The van der Waals surface area contributed by atoms with Crippen molar-refractivity contribution in [3.63, 3.8) is 0 Å². The van der Waals surface area contributed by atoms with Gasteiger partial charge in [0.15, 0.2) is 0 Å². The van der Waals surface area contributed by atoms with Crippen LogP contribution in [0, 0.1) is 0 Å². The zero-order chi connectivity index (χ0) is 18.5. The molecule has 0 spiro atoms. The van der Waals surface area contributed by atoms with Crippen LogP contribution in [-0.2, 0) is 11.2 Å². The molecule has 1 fully saturated rings. The summed E-state index contributed by atoms with van der Waals surface area (Å²) in [5.74, 6) is 0. The third kappa shape index (κ3) is 8.49. The highest BCUT2D eigenvalue weighted by atomic mass is 16.3. The molecule has 0 aliphatic carbocycles. The molecule has 0 bridgehead atoms. The molecule has 140 valence electrons. The van der Waals surface area contributed by atoms with E-state index in [1.807, 2.05) is 25.2 Å². The van der Waals surface area contributed by atoms with Gasteiger partial charge in [-0.05, 0) is 58.0 Å². The number of carboxylic acid groups (broad SMARTS) is 1. The van der Waals surface area contributed by atoms with Crippen LogP contribution in [-0.4, -0.2) is 71.7 Å². The molecule has 2 N–H and O–H groups in total. The van der Waals surface area contributed by atoms with Gasteiger partial charge in [-0.1, -0.05) is 6.07 Å². The summed E-state index contributed by atoms with van der Waals surface area (Å²) >= 11 is 0. The first-order valence-corrected chi connectivity index (χ1v) is 8.79. The van der Waals surface area contributed by atoms with Crippen molar-refractivity contribution in [2.45, 2.75) is 38.6 Å². The summed E-state index contributed by atoms with van der Waals surface area (Å²) in [4.78, 5) is 29.1. The topological polar surface area (TPSA) is 85.8 Å². The van der Waals surface area contributed by atoms with E-state index in [1.165, 1.54) is 25.9 Å². The fourth-order valence-corrected chi connectivity index (χ4v) is 2.79. The summed E-state index contributed by atoms with van der Waals surface area (Å²) in [6.07, 6.45) is 6.23. The van der Waals surface area contributed by atoms with E-state index < -0.39 is 0 Å². The van der Waals surface area contributed by atoms with Crippen molar-refractivity contribution < 1.29 is 14.7 Å². The van der Waals surface area contributed by atoms with E-state index >= 15 is 0 Å². The van der Waals surface area contributed by atoms with Crippen LogP contribution in [0.25, 0.3) is 0 Å². The zero-order valence-electron chi connectivity index (χ0n) is 15.2. The predicted octanol–water partition coefficient (Wildman–Crippen LogP) is 1.84. The van der Waals surface area contributed by atoms with Crippen molar-refractivity contribution in [3.8, 4) is 0 Å². The highest BCUT2D eigenvalue weighted by Gasteiger charge is 2.16. The minimum atomic E-state index is -0.250. The number of nitrogens with one attached hydrogen (secondary N) is 1. The molecule has 7 nitrogen and oxygen atoms in total. The SMILES string of the molecule is CC(Cc1ccccn1)N(C)C(=O)NCCCN1CCCC1.O=CO. The van der Waals surface area contributed by atoms with Crippen molar-refractivity contribution in [1.82, 2.24) is 20.1 Å². The maximum absolute atomic E-state index is 12.2. The van der Waals surface area contributed by atoms with Crippen molar-refractivity contribution in [2.24, 2.45) is 0 Å². The Bertz CT molecular complexity index is 492. The highest BCUT2D eigenvalue weighted by molar-refractivity contribution is 5.74. The second-order valence-corrected chi connectivity index (χ2v) is 6.22. The molecule has 1 atom stereocenters. The van der Waals surface area contributed by atoms with Crippen molar-refractivity contribution >= 4 is 12.5 Å². The van der Waals surface area contributed by atoms with Gasteiger partial charge in [-0.3, -0.25) is 9.78 Å². The largest absolute Gasteiger partial charge is 0.483 e. The van der Waals surface area contributed by atoms with E-state index in [2.05, 4.69) is 22.1 Å². The monoisotopic (exact) mass is 350 g/mol. The lowest BCUT2D eigenvalue weighted by Crippen LogP contribution is -2.44. The van der Waals surface area contributed by atoms with Crippen molar-refractivity contribution in [1.29, 1.82) is 0 Å². The standard InChI is InChI=1S/C17H28N4O.CH2O2/c1-15(14-16-8-3-4-9-18-16)20(2)17(22)19-10-7-13-21-11-5-6-12-21;2-1-3/h3-4,8-9,15H,5-7,10-14H2,1-2H3,(H,19,22);1H,(H,2,3). The van der Waals surface area contributed by atoms with Gasteiger partial charge in [-0.25, -0.2) is 4.79 Å². The minimum absolute atomic E-state index is 0.00449. The number of amides is 2. The van der Waals surface area contributed by atoms with Gasteiger partial charge >= 0.3 is 6.03 Å². The second kappa shape index (κ2) is 12.2. The Labute approximate surface area is 150 Å². The molecular weight excluding hydrogens is 320 g/mol. The molecule has 1 saturated heterocycles. The van der Waals surface area contributed by atoms with Crippen LogP contribution < -0.4 is 5.32 Å². The summed E-state index contributed by atoms with van der Waals surface area (Å²) in [7, 11) is 1.85. The summed E-state index contributed by atoms with van der Waals surface area (Å²) in [6.45, 7) is 6.08. The van der Waals surface area contributed by atoms with Crippen LogP contribution in [0.15, 0.2) is 24.4 Å². The Morgan fingerprint density at radius 1 is 1.44 bits per heavy atom. The van der Waals surface area contributed by atoms with E-state index in [0.29, 0.717) is 0 Å². The average Bonchev–Trinajstić information content (AvgIpc) is 3.13. The Morgan fingerprint density at radius 3 is 2.72 bits per heavy atom. The molecule has 2 heterocycles. The third-order valence-corrected chi connectivity index (χ3v) is 4.34. The first-order chi connectivity index (χ1) is 12.1. The number of likely N-dealkylation sites (tertiary alicyclic amines) is 1. The summed E-state index contributed by atoms with van der Waals surface area (Å²) in [5, 5.41) is 9.90. The molecule has 1 aromatic rings. The fourth-order valence-electron chi connectivity index (χ4n) is 2.79. The molecule has 0 saturated carbocycles. The molecular formula is C18H30N4O3. The maximum Gasteiger partial charge on any atom is 0.317 e. The number of carbonyl (C=O) groups excluding carboxylic acids is 1. The van der Waals surface area contributed by atoms with Crippen LogP contribution >= 0.6 is 0 Å². The average molecular weight is 350 g/mol. The van der Waals surface area contributed by atoms with E-state index in [0.717, 1.165) is 31.6 Å². The lowest BCUT2D eigenvalue weighted by Gasteiger charge is -2.25. The Balaban J connectivity index is 0.000000970. The minimum Gasteiger partial charge on any atom is -0.483 e. The highest BCUT2D eigenvalue weighted by Crippen LogP contribution is 2.07. The van der Waals surface area contributed by atoms with E-state index in [1.54, 1.807) is 11.1 Å². The third-order valence-electron chi connectivity index (χ3n) is 4.34. The Hall–Kier alpha value is -2.15. The lowest BCUT2D eigenvalue weighted by atomic mass is 10.1. The quantitative estimate of drug-likeness (QED) is 0.579. The fraction of sp³-hybridized carbons (Fsp3) is 0.611. The molecule has 2 amide bonds. The van der Waals surface area contributed by atoms with Gasteiger partial charge in [0.25, 0.3) is 6.47 Å². The van der Waals surface area contributed by atoms with Crippen LogP contribution in [0.4, 0.5) is 4.79 Å². The normalized spacial score (nSPS) is 15.0. The molecule has 1 aliphatic rings. The van der Waals surface area contributed by atoms with Gasteiger partial charge in [0.2, 0.25) is 0 Å². The molecule has 0 radical (unpaired) electrons. The number of hydrogen-bond acceptors (Lipinski definition) is 4. The Morgan fingerprint density at radius 2 is 2.12 bits per heavy atom. The molecule has 0 aromatic carbocycles. The van der Waals surface area contributed by atoms with E-state index in [-0.39, 0.29) is 18.5 Å². The predicted molar refractivity (Wildman–Crippen MR) is 97.5 cm³/mol. The van der Waals surface area contributed by atoms with Gasteiger partial charge < -0.3 is 20.2 Å². The second-order valence-electron chi connectivity index (χ2n) is 6.22. The maximum atomic E-state index is 12.2. The van der Waals surface area contributed by atoms with Gasteiger partial charge in [0.05, 0.1) is 0 Å². The van der Waals surface area contributed by atoms with Crippen LogP contribution in [0.1, 0.15) is 31.9 Å². The molecule has 1 aliphatic heterocycles. The van der Waals surface area contributed by atoms with Crippen LogP contribution in [0.3, 0.4) is 0 Å². The number of aromatic nitrogens is 1. The van der Waals surface area contributed by atoms with Gasteiger partial charge in [0.1, 0.15) is 0 Å². The number of pyridine rings is 1. The number of hydrogen-bond donors (Lipinski definition) is 2. The smallest absolute Gasteiger partial charge is 0.317 e. The molecule has 2 rings (SSSR count). The lowest BCUT2D eigenvalue weighted by molar-refractivity contribution is -0.122. The van der Waals surface area contributed by atoms with Gasteiger partial charge in [-0.2, -0.15) is 0 Å². The molecule has 1 unspecified atom stereocenters. The van der Waals surface area contributed by atoms with Gasteiger partial charge in [-0.15, -0.1) is 0 Å². The van der Waals surface area contributed by atoms with Gasteiger partial charge in [0, 0.05) is 37.9 Å². The molecule has 7 heteroatoms. The zero-order valence-corrected chi connectivity index (χ0v) is 15.2. The van der Waals surface area contributed by atoms with Crippen molar-refractivity contribution in [3.05, 3.63) is 30.1 Å². The van der Waals surface area contributed by atoms with Crippen molar-refractivity contribution in [2.75, 3.05) is 33.2 Å². The number of nitrogens with zero attached hydrogens (tertiary/aromatic N) is 3. The van der Waals surface area contributed by atoms with Crippen LogP contribution in [0.2, 0.25) is 0 Å². The molecule has 1 aromatic heterocycles. The van der Waals surface area contributed by atoms with E-state index in [4.69, 9.17) is 9.90 Å². The number of urea groups is 1. The number of carbonyl (C=O) groups is 2. The first-order valence-electron chi connectivity index (χ1n) is 8.79.